The van der Waals surface area contributed by atoms with Crippen LogP contribution in [0.3, 0.4) is 0 Å². The number of rotatable bonds is 4. The largest absolute Gasteiger partial charge is 0.475 e. The zero-order valence-corrected chi connectivity index (χ0v) is 9.77. The molecule has 0 saturated heterocycles. The van der Waals surface area contributed by atoms with Gasteiger partial charge in [-0.2, -0.15) is 0 Å². The fourth-order valence-corrected chi connectivity index (χ4v) is 1.58. The third-order valence-corrected chi connectivity index (χ3v) is 2.38. The zero-order chi connectivity index (χ0) is 12.3. The Morgan fingerprint density at radius 1 is 1.35 bits per heavy atom. The quantitative estimate of drug-likeness (QED) is 0.759. The van der Waals surface area contributed by atoms with Gasteiger partial charge in [-0.25, -0.2) is 0 Å². The van der Waals surface area contributed by atoms with Gasteiger partial charge in [0.1, 0.15) is 11.3 Å². The fourth-order valence-electron chi connectivity index (χ4n) is 1.58. The normalized spacial score (nSPS) is 10.2. The van der Waals surface area contributed by atoms with Crippen LogP contribution in [0.1, 0.15) is 28.6 Å². The van der Waals surface area contributed by atoms with Gasteiger partial charge in [0.25, 0.3) is 5.88 Å². The minimum absolute atomic E-state index is 0.132. The van der Waals surface area contributed by atoms with Gasteiger partial charge in [-0.1, -0.05) is 30.3 Å². The second-order valence-corrected chi connectivity index (χ2v) is 3.55. The molecule has 0 radical (unpaired) electrons. The Labute approximate surface area is 99.2 Å². The van der Waals surface area contributed by atoms with E-state index in [1.165, 1.54) is 0 Å². The number of hydrogen-bond acceptors (Lipinski definition) is 4. The molecule has 2 rings (SSSR count). The number of carbonyl (C=O) groups excluding carboxylic acids is 1. The maximum absolute atomic E-state index is 12.2. The smallest absolute Gasteiger partial charge is 0.265 e. The molecule has 0 bridgehead atoms. The highest BCUT2D eigenvalue weighted by Crippen LogP contribution is 2.24. The lowest BCUT2D eigenvalue weighted by Gasteiger charge is -2.02. The molecule has 0 spiro atoms. The second-order valence-electron chi connectivity index (χ2n) is 3.55. The van der Waals surface area contributed by atoms with Crippen LogP contribution in [0.4, 0.5) is 0 Å². The van der Waals surface area contributed by atoms with E-state index in [2.05, 4.69) is 5.16 Å². The molecule has 0 aliphatic rings. The summed E-state index contributed by atoms with van der Waals surface area (Å²) in [4.78, 5) is 12.2. The first-order valence-corrected chi connectivity index (χ1v) is 5.43. The van der Waals surface area contributed by atoms with E-state index in [4.69, 9.17) is 9.26 Å². The average molecular weight is 231 g/mol. The Hall–Kier alpha value is -2.10. The summed E-state index contributed by atoms with van der Waals surface area (Å²) < 4.78 is 10.3. The summed E-state index contributed by atoms with van der Waals surface area (Å²) in [7, 11) is 0. The lowest BCUT2D eigenvalue weighted by molar-refractivity contribution is 0.103. The molecule has 0 amide bonds. The van der Waals surface area contributed by atoms with E-state index in [0.29, 0.717) is 23.5 Å². The molecule has 17 heavy (non-hydrogen) atoms. The second kappa shape index (κ2) is 4.82. The number of nitrogens with zero attached hydrogens (tertiary/aromatic N) is 1. The van der Waals surface area contributed by atoms with Gasteiger partial charge in [-0.15, -0.1) is 0 Å². The van der Waals surface area contributed by atoms with Crippen LogP contribution in [-0.4, -0.2) is 17.5 Å². The van der Waals surface area contributed by atoms with Crippen molar-refractivity contribution in [1.29, 1.82) is 0 Å². The van der Waals surface area contributed by atoms with Crippen molar-refractivity contribution in [3.63, 3.8) is 0 Å². The molecule has 1 aromatic heterocycles. The molecule has 4 nitrogen and oxygen atoms in total. The molecule has 0 aliphatic carbocycles. The van der Waals surface area contributed by atoms with E-state index in [1.54, 1.807) is 19.1 Å². The highest BCUT2D eigenvalue weighted by atomic mass is 16.5. The summed E-state index contributed by atoms with van der Waals surface area (Å²) in [6.07, 6.45) is 0. The topological polar surface area (TPSA) is 52.3 Å². The molecule has 0 fully saturated rings. The van der Waals surface area contributed by atoms with E-state index in [1.807, 2.05) is 25.1 Å². The third kappa shape index (κ3) is 2.20. The van der Waals surface area contributed by atoms with Gasteiger partial charge in [-0.05, 0) is 19.0 Å². The Kier molecular flexibility index (Phi) is 3.23. The van der Waals surface area contributed by atoms with Gasteiger partial charge < -0.3 is 9.26 Å². The summed E-state index contributed by atoms with van der Waals surface area (Å²) in [6, 6.07) is 9.00. The number of ketones is 1. The van der Waals surface area contributed by atoms with Gasteiger partial charge in [0.15, 0.2) is 0 Å². The van der Waals surface area contributed by atoms with Gasteiger partial charge in [0.05, 0.1) is 6.61 Å². The molecule has 0 saturated carbocycles. The van der Waals surface area contributed by atoms with E-state index < -0.39 is 0 Å². The average Bonchev–Trinajstić information content (AvgIpc) is 2.71. The molecular weight excluding hydrogens is 218 g/mol. The van der Waals surface area contributed by atoms with Crippen molar-refractivity contribution >= 4 is 5.78 Å². The predicted molar refractivity (Wildman–Crippen MR) is 62.3 cm³/mol. The highest BCUT2D eigenvalue weighted by Gasteiger charge is 2.22. The SMILES string of the molecule is CCOc1noc(C)c1C(=O)c1ccccc1. The Bertz CT molecular complexity index is 517. The number of ether oxygens (including phenoxy) is 1. The van der Waals surface area contributed by atoms with Gasteiger partial charge in [0, 0.05) is 5.56 Å². The summed E-state index contributed by atoms with van der Waals surface area (Å²) in [5, 5.41) is 3.73. The summed E-state index contributed by atoms with van der Waals surface area (Å²) in [6.45, 7) is 3.98. The lowest BCUT2D eigenvalue weighted by atomic mass is 10.0. The van der Waals surface area contributed by atoms with Gasteiger partial charge in [-0.3, -0.25) is 4.79 Å². The molecule has 4 heteroatoms. The molecular formula is C13H13NO3. The number of aryl methyl sites for hydroxylation is 1. The van der Waals surface area contributed by atoms with Crippen LogP contribution in [0.2, 0.25) is 0 Å². The number of aromatic nitrogens is 1. The van der Waals surface area contributed by atoms with Gasteiger partial charge >= 0.3 is 0 Å². The molecule has 0 aliphatic heterocycles. The molecule has 0 N–H and O–H groups in total. The standard InChI is InChI=1S/C13H13NO3/c1-3-16-13-11(9(2)17-14-13)12(15)10-7-5-4-6-8-10/h4-8H,3H2,1-2H3. The highest BCUT2D eigenvalue weighted by molar-refractivity contribution is 6.10. The minimum Gasteiger partial charge on any atom is -0.475 e. The number of benzene rings is 1. The van der Waals surface area contributed by atoms with Crippen molar-refractivity contribution in [1.82, 2.24) is 5.16 Å². The van der Waals surface area contributed by atoms with E-state index in [0.717, 1.165) is 0 Å². The Morgan fingerprint density at radius 2 is 2.06 bits per heavy atom. The number of hydrogen-bond donors (Lipinski definition) is 0. The van der Waals surface area contributed by atoms with Crippen molar-refractivity contribution in [3.05, 3.63) is 47.2 Å². The first kappa shape index (κ1) is 11.4. The van der Waals surface area contributed by atoms with Crippen LogP contribution in [0.5, 0.6) is 5.88 Å². The van der Waals surface area contributed by atoms with Crippen molar-refractivity contribution < 1.29 is 14.1 Å². The lowest BCUT2D eigenvalue weighted by Crippen LogP contribution is -2.05. The maximum Gasteiger partial charge on any atom is 0.265 e. The van der Waals surface area contributed by atoms with Crippen LogP contribution in [0, 0.1) is 6.92 Å². The van der Waals surface area contributed by atoms with E-state index >= 15 is 0 Å². The monoisotopic (exact) mass is 231 g/mol. The predicted octanol–water partition coefficient (Wildman–Crippen LogP) is 2.61. The summed E-state index contributed by atoms with van der Waals surface area (Å²) in [5.41, 5.74) is 0.998. The molecule has 1 heterocycles. The van der Waals surface area contributed by atoms with Crippen molar-refractivity contribution in [2.75, 3.05) is 6.61 Å². The van der Waals surface area contributed by atoms with Crippen molar-refractivity contribution in [2.45, 2.75) is 13.8 Å². The Morgan fingerprint density at radius 3 is 2.71 bits per heavy atom. The third-order valence-electron chi connectivity index (χ3n) is 2.38. The van der Waals surface area contributed by atoms with Crippen LogP contribution in [0.15, 0.2) is 34.9 Å². The van der Waals surface area contributed by atoms with Crippen LogP contribution in [-0.2, 0) is 0 Å². The maximum atomic E-state index is 12.2. The first-order chi connectivity index (χ1) is 8.24. The molecule has 0 unspecified atom stereocenters. The van der Waals surface area contributed by atoms with E-state index in [9.17, 15) is 4.79 Å². The first-order valence-electron chi connectivity index (χ1n) is 5.43. The molecule has 1 aromatic carbocycles. The van der Waals surface area contributed by atoms with Crippen LogP contribution >= 0.6 is 0 Å². The molecule has 0 atom stereocenters. The fraction of sp³-hybridized carbons (Fsp3) is 0.231. The van der Waals surface area contributed by atoms with Gasteiger partial charge in [0.2, 0.25) is 5.78 Å². The number of carbonyl (C=O) groups is 1. The van der Waals surface area contributed by atoms with Crippen molar-refractivity contribution in [2.24, 2.45) is 0 Å². The summed E-state index contributed by atoms with van der Waals surface area (Å²) >= 11 is 0. The zero-order valence-electron chi connectivity index (χ0n) is 9.77. The molecule has 2 aromatic rings. The Balaban J connectivity index is 2.40. The minimum atomic E-state index is -0.132. The van der Waals surface area contributed by atoms with Crippen LogP contribution < -0.4 is 4.74 Å². The van der Waals surface area contributed by atoms with Crippen LogP contribution in [0.25, 0.3) is 0 Å². The molecule has 88 valence electrons. The summed E-state index contributed by atoms with van der Waals surface area (Å²) in [5.74, 6) is 0.606. The van der Waals surface area contributed by atoms with Crippen molar-refractivity contribution in [3.8, 4) is 5.88 Å². The van der Waals surface area contributed by atoms with E-state index in [-0.39, 0.29) is 11.7 Å².